The highest BCUT2D eigenvalue weighted by Crippen LogP contribution is 2.10. The van der Waals surface area contributed by atoms with Gasteiger partial charge in [-0.05, 0) is 6.92 Å². The molecule has 0 unspecified atom stereocenters. The summed E-state index contributed by atoms with van der Waals surface area (Å²) in [5.41, 5.74) is 0. The predicted octanol–water partition coefficient (Wildman–Crippen LogP) is 1.06. The van der Waals surface area contributed by atoms with Gasteiger partial charge in [0.1, 0.15) is 0 Å². The maximum Gasteiger partial charge on any atom is 0.0897 e. The first-order chi connectivity index (χ1) is 5.33. The largest absolute Gasteiger partial charge is 0.299 e. The van der Waals surface area contributed by atoms with Crippen LogP contribution < -0.4 is 5.32 Å². The minimum absolute atomic E-state index is 0.400. The molecule has 0 saturated heterocycles. The molecule has 0 saturated carbocycles. The van der Waals surface area contributed by atoms with Gasteiger partial charge >= 0.3 is 0 Å². The van der Waals surface area contributed by atoms with E-state index in [9.17, 15) is 0 Å². The van der Waals surface area contributed by atoms with Gasteiger partial charge in [0, 0.05) is 17.6 Å². The standard InChI is InChI=1S/C7H9N3S/c1-6-10-5-7(11-6)4-9-3-2-8/h5,9H,3-4H2,1H3. The van der Waals surface area contributed by atoms with Gasteiger partial charge in [0.25, 0.3) is 0 Å². The van der Waals surface area contributed by atoms with E-state index in [4.69, 9.17) is 5.26 Å². The normalized spacial score (nSPS) is 9.45. The number of hydrogen-bond donors (Lipinski definition) is 1. The minimum atomic E-state index is 0.400. The van der Waals surface area contributed by atoms with Crippen molar-refractivity contribution in [3.8, 4) is 6.07 Å². The zero-order chi connectivity index (χ0) is 8.10. The fourth-order valence-electron chi connectivity index (χ4n) is 0.729. The van der Waals surface area contributed by atoms with E-state index in [1.807, 2.05) is 19.2 Å². The molecule has 1 aromatic heterocycles. The van der Waals surface area contributed by atoms with Crippen molar-refractivity contribution in [1.82, 2.24) is 10.3 Å². The van der Waals surface area contributed by atoms with Gasteiger partial charge in [-0.2, -0.15) is 5.26 Å². The fourth-order valence-corrected chi connectivity index (χ4v) is 1.49. The van der Waals surface area contributed by atoms with Crippen LogP contribution in [-0.4, -0.2) is 11.5 Å². The molecule has 0 aliphatic heterocycles. The molecule has 1 N–H and O–H groups in total. The number of aryl methyl sites for hydroxylation is 1. The van der Waals surface area contributed by atoms with Gasteiger partial charge in [0.05, 0.1) is 17.6 Å². The van der Waals surface area contributed by atoms with Crippen molar-refractivity contribution in [2.45, 2.75) is 13.5 Å². The second kappa shape index (κ2) is 4.06. The summed E-state index contributed by atoms with van der Waals surface area (Å²) in [4.78, 5) is 5.27. The molecule has 0 amide bonds. The van der Waals surface area contributed by atoms with Crippen LogP contribution in [0.25, 0.3) is 0 Å². The van der Waals surface area contributed by atoms with Crippen molar-refractivity contribution in [3.63, 3.8) is 0 Å². The first-order valence-electron chi connectivity index (χ1n) is 3.32. The van der Waals surface area contributed by atoms with Gasteiger partial charge in [0.2, 0.25) is 0 Å². The lowest BCUT2D eigenvalue weighted by Crippen LogP contribution is -2.11. The van der Waals surface area contributed by atoms with E-state index in [-0.39, 0.29) is 0 Å². The highest BCUT2D eigenvalue weighted by Gasteiger charge is 1.95. The van der Waals surface area contributed by atoms with E-state index in [1.165, 1.54) is 4.88 Å². The van der Waals surface area contributed by atoms with Crippen LogP contribution >= 0.6 is 11.3 Å². The minimum Gasteiger partial charge on any atom is -0.299 e. The maximum atomic E-state index is 8.22. The lowest BCUT2D eigenvalue weighted by molar-refractivity contribution is 0.774. The van der Waals surface area contributed by atoms with Crippen LogP contribution in [0.2, 0.25) is 0 Å². The molecule has 0 fully saturated rings. The number of nitriles is 1. The second-order valence-corrected chi connectivity index (χ2v) is 3.43. The monoisotopic (exact) mass is 167 g/mol. The maximum absolute atomic E-state index is 8.22. The van der Waals surface area contributed by atoms with Crippen molar-refractivity contribution < 1.29 is 0 Å². The summed E-state index contributed by atoms with van der Waals surface area (Å²) in [6.45, 7) is 3.12. The average molecular weight is 167 g/mol. The third kappa shape index (κ3) is 2.66. The van der Waals surface area contributed by atoms with E-state index < -0.39 is 0 Å². The van der Waals surface area contributed by atoms with Crippen molar-refractivity contribution in [3.05, 3.63) is 16.1 Å². The van der Waals surface area contributed by atoms with Crippen molar-refractivity contribution >= 4 is 11.3 Å². The van der Waals surface area contributed by atoms with E-state index in [0.29, 0.717) is 6.54 Å². The van der Waals surface area contributed by atoms with Gasteiger partial charge in [-0.15, -0.1) is 11.3 Å². The van der Waals surface area contributed by atoms with E-state index in [2.05, 4.69) is 10.3 Å². The summed E-state index contributed by atoms with van der Waals surface area (Å²) >= 11 is 1.66. The molecule has 4 heteroatoms. The lowest BCUT2D eigenvalue weighted by Gasteiger charge is -1.92. The predicted molar refractivity (Wildman–Crippen MR) is 44.2 cm³/mol. The summed E-state index contributed by atoms with van der Waals surface area (Å²) in [7, 11) is 0. The first kappa shape index (κ1) is 8.18. The number of nitrogens with zero attached hydrogens (tertiary/aromatic N) is 2. The summed E-state index contributed by atoms with van der Waals surface area (Å²) in [5, 5.41) is 12.3. The summed E-state index contributed by atoms with van der Waals surface area (Å²) in [5.74, 6) is 0. The Bertz CT molecular complexity index is 261. The van der Waals surface area contributed by atoms with Crippen molar-refractivity contribution in [2.24, 2.45) is 0 Å². The summed E-state index contributed by atoms with van der Waals surface area (Å²) < 4.78 is 0. The Morgan fingerprint density at radius 1 is 1.82 bits per heavy atom. The molecule has 0 bridgehead atoms. The Morgan fingerprint density at radius 3 is 3.18 bits per heavy atom. The molecule has 11 heavy (non-hydrogen) atoms. The highest BCUT2D eigenvalue weighted by molar-refractivity contribution is 7.11. The third-order valence-corrected chi connectivity index (χ3v) is 2.09. The molecule has 1 rings (SSSR count). The van der Waals surface area contributed by atoms with Crippen LogP contribution in [-0.2, 0) is 6.54 Å². The summed E-state index contributed by atoms with van der Waals surface area (Å²) in [6, 6.07) is 2.02. The lowest BCUT2D eigenvalue weighted by atomic mass is 10.5. The Hall–Kier alpha value is -0.920. The van der Waals surface area contributed by atoms with Gasteiger partial charge in [-0.25, -0.2) is 4.98 Å². The molecular weight excluding hydrogens is 158 g/mol. The molecular formula is C7H9N3S. The Kier molecular flexibility index (Phi) is 3.02. The van der Waals surface area contributed by atoms with E-state index in [1.54, 1.807) is 11.3 Å². The molecule has 1 heterocycles. The van der Waals surface area contributed by atoms with Crippen molar-refractivity contribution in [1.29, 1.82) is 5.26 Å². The molecule has 0 atom stereocenters. The van der Waals surface area contributed by atoms with E-state index >= 15 is 0 Å². The van der Waals surface area contributed by atoms with Gasteiger partial charge < -0.3 is 0 Å². The smallest absolute Gasteiger partial charge is 0.0897 e. The molecule has 58 valence electrons. The Labute approximate surface area is 69.7 Å². The van der Waals surface area contributed by atoms with Gasteiger partial charge in [0.15, 0.2) is 0 Å². The zero-order valence-corrected chi connectivity index (χ0v) is 7.11. The van der Waals surface area contributed by atoms with Crippen LogP contribution in [0.3, 0.4) is 0 Å². The Morgan fingerprint density at radius 2 is 2.64 bits per heavy atom. The first-order valence-corrected chi connectivity index (χ1v) is 4.13. The fraction of sp³-hybridized carbons (Fsp3) is 0.429. The zero-order valence-electron chi connectivity index (χ0n) is 6.29. The molecule has 0 radical (unpaired) electrons. The van der Waals surface area contributed by atoms with E-state index in [0.717, 1.165) is 11.6 Å². The van der Waals surface area contributed by atoms with Crippen molar-refractivity contribution in [2.75, 3.05) is 6.54 Å². The number of aromatic nitrogens is 1. The quantitative estimate of drug-likeness (QED) is 0.541. The second-order valence-electron chi connectivity index (χ2n) is 2.11. The SMILES string of the molecule is Cc1ncc(CNCC#N)s1. The molecule has 3 nitrogen and oxygen atoms in total. The van der Waals surface area contributed by atoms with Gasteiger partial charge in [-0.1, -0.05) is 0 Å². The molecule has 1 aromatic rings. The van der Waals surface area contributed by atoms with Crippen LogP contribution in [0, 0.1) is 18.3 Å². The third-order valence-electron chi connectivity index (χ3n) is 1.17. The van der Waals surface area contributed by atoms with Crippen LogP contribution in [0.15, 0.2) is 6.20 Å². The van der Waals surface area contributed by atoms with Crippen LogP contribution in [0.5, 0.6) is 0 Å². The molecule has 0 aliphatic carbocycles. The number of hydrogen-bond acceptors (Lipinski definition) is 4. The average Bonchev–Trinajstić information content (AvgIpc) is 2.37. The van der Waals surface area contributed by atoms with Crippen LogP contribution in [0.4, 0.5) is 0 Å². The highest BCUT2D eigenvalue weighted by atomic mass is 32.1. The molecule has 0 spiro atoms. The Balaban J connectivity index is 2.34. The topological polar surface area (TPSA) is 48.7 Å². The molecule has 0 aromatic carbocycles. The van der Waals surface area contributed by atoms with Gasteiger partial charge in [-0.3, -0.25) is 5.32 Å². The van der Waals surface area contributed by atoms with Crippen LogP contribution in [0.1, 0.15) is 9.88 Å². The number of nitrogens with one attached hydrogen (secondary N) is 1. The molecule has 0 aliphatic rings. The summed E-state index contributed by atoms with van der Waals surface area (Å²) in [6.07, 6.45) is 1.84. The number of thiazole rings is 1. The number of rotatable bonds is 3.